The number of carboxylic acid groups (broad SMARTS) is 1. The Morgan fingerprint density at radius 3 is 2.52 bits per heavy atom. The SMILES string of the molecule is CC(C)(C)OC(=O)N1CCC(Nc2c(C(=O)O)cnc(Cl)c2N)CC1. The van der Waals surface area contributed by atoms with E-state index in [2.05, 4.69) is 10.3 Å². The van der Waals surface area contributed by atoms with Crippen molar-refractivity contribution in [3.63, 3.8) is 0 Å². The summed E-state index contributed by atoms with van der Waals surface area (Å²) in [5.41, 5.74) is 5.68. The maximum absolute atomic E-state index is 12.1. The van der Waals surface area contributed by atoms with Gasteiger partial charge in [0.05, 0.1) is 11.4 Å². The number of amides is 1. The Bertz CT molecular complexity index is 667. The second-order valence-electron chi connectivity index (χ2n) is 6.94. The summed E-state index contributed by atoms with van der Waals surface area (Å²) >= 11 is 5.90. The predicted octanol–water partition coefficient (Wildman–Crippen LogP) is 2.83. The summed E-state index contributed by atoms with van der Waals surface area (Å²) in [5, 5.41) is 12.5. The molecule has 0 aromatic carbocycles. The summed E-state index contributed by atoms with van der Waals surface area (Å²) in [7, 11) is 0. The first-order chi connectivity index (χ1) is 11.6. The fraction of sp³-hybridized carbons (Fsp3) is 0.562. The number of aromatic nitrogens is 1. The first kappa shape index (κ1) is 19.1. The largest absolute Gasteiger partial charge is 0.478 e. The molecule has 0 spiro atoms. The van der Waals surface area contributed by atoms with Gasteiger partial charge in [-0.1, -0.05) is 11.6 Å². The minimum Gasteiger partial charge on any atom is -0.478 e. The van der Waals surface area contributed by atoms with Gasteiger partial charge in [0.2, 0.25) is 0 Å². The number of halogens is 1. The second kappa shape index (κ2) is 7.35. The molecule has 0 saturated carbocycles. The number of piperidine rings is 1. The number of nitrogen functional groups attached to an aromatic ring is 1. The van der Waals surface area contributed by atoms with Gasteiger partial charge in [-0.05, 0) is 33.6 Å². The van der Waals surface area contributed by atoms with Crippen molar-refractivity contribution in [3.05, 3.63) is 16.9 Å². The molecule has 2 heterocycles. The standard InChI is InChI=1S/C16H23ClN4O4/c1-16(2,3)25-15(24)21-6-4-9(5-7-21)20-12-10(14(22)23)8-19-13(17)11(12)18/h8-9H,4-7,18H2,1-3H3,(H,19,20)(H,22,23). The van der Waals surface area contributed by atoms with E-state index in [1.807, 2.05) is 20.8 Å². The summed E-state index contributed by atoms with van der Waals surface area (Å²) in [6, 6.07) is -0.0300. The van der Waals surface area contributed by atoms with E-state index in [0.717, 1.165) is 0 Å². The molecule has 0 atom stereocenters. The molecule has 1 aromatic heterocycles. The molecular formula is C16H23ClN4O4. The number of nitrogens with two attached hydrogens (primary N) is 1. The molecule has 25 heavy (non-hydrogen) atoms. The van der Waals surface area contributed by atoms with Crippen molar-refractivity contribution in [2.24, 2.45) is 0 Å². The third kappa shape index (κ3) is 4.88. The lowest BCUT2D eigenvalue weighted by Gasteiger charge is -2.34. The van der Waals surface area contributed by atoms with Gasteiger partial charge in [0.15, 0.2) is 5.15 Å². The molecular weight excluding hydrogens is 348 g/mol. The van der Waals surface area contributed by atoms with Crippen LogP contribution in [-0.4, -0.2) is 51.8 Å². The number of carboxylic acids is 1. The van der Waals surface area contributed by atoms with E-state index in [4.69, 9.17) is 22.1 Å². The van der Waals surface area contributed by atoms with Crippen LogP contribution in [0.4, 0.5) is 16.2 Å². The molecule has 1 saturated heterocycles. The van der Waals surface area contributed by atoms with Crippen LogP contribution < -0.4 is 11.1 Å². The highest BCUT2D eigenvalue weighted by Gasteiger charge is 2.28. The third-order valence-corrected chi connectivity index (χ3v) is 4.09. The number of carbonyl (C=O) groups excluding carboxylic acids is 1. The lowest BCUT2D eigenvalue weighted by molar-refractivity contribution is 0.0210. The average molecular weight is 371 g/mol. The first-order valence-electron chi connectivity index (χ1n) is 8.00. The molecule has 1 fully saturated rings. The van der Waals surface area contributed by atoms with Crippen LogP contribution in [0.25, 0.3) is 0 Å². The van der Waals surface area contributed by atoms with Gasteiger partial charge in [-0.3, -0.25) is 0 Å². The summed E-state index contributed by atoms with van der Waals surface area (Å²) in [6.45, 7) is 6.48. The number of pyridine rings is 1. The maximum Gasteiger partial charge on any atom is 0.410 e. The van der Waals surface area contributed by atoms with Crippen molar-refractivity contribution in [2.75, 3.05) is 24.1 Å². The molecule has 4 N–H and O–H groups in total. The smallest absolute Gasteiger partial charge is 0.410 e. The zero-order valence-corrected chi connectivity index (χ0v) is 15.3. The average Bonchev–Trinajstić information content (AvgIpc) is 2.50. The van der Waals surface area contributed by atoms with E-state index < -0.39 is 11.6 Å². The maximum atomic E-state index is 12.1. The molecule has 1 aliphatic rings. The molecule has 0 radical (unpaired) electrons. The zero-order chi connectivity index (χ0) is 18.8. The fourth-order valence-electron chi connectivity index (χ4n) is 2.56. The fourth-order valence-corrected chi connectivity index (χ4v) is 2.70. The first-order valence-corrected chi connectivity index (χ1v) is 8.38. The van der Waals surface area contributed by atoms with E-state index in [9.17, 15) is 14.7 Å². The Balaban J connectivity index is 2.02. The van der Waals surface area contributed by atoms with Crippen LogP contribution in [0.5, 0.6) is 0 Å². The summed E-state index contributed by atoms with van der Waals surface area (Å²) < 4.78 is 5.36. The Kier molecular flexibility index (Phi) is 5.62. The Morgan fingerprint density at radius 1 is 1.40 bits per heavy atom. The normalized spacial score (nSPS) is 15.8. The van der Waals surface area contributed by atoms with E-state index in [1.54, 1.807) is 4.90 Å². The highest BCUT2D eigenvalue weighted by molar-refractivity contribution is 6.32. The van der Waals surface area contributed by atoms with Gasteiger partial charge >= 0.3 is 12.1 Å². The Morgan fingerprint density at radius 2 is 2.00 bits per heavy atom. The Labute approximate surface area is 151 Å². The molecule has 0 unspecified atom stereocenters. The quantitative estimate of drug-likeness (QED) is 0.700. The third-order valence-electron chi connectivity index (χ3n) is 3.79. The van der Waals surface area contributed by atoms with Crippen molar-refractivity contribution in [1.29, 1.82) is 0 Å². The van der Waals surface area contributed by atoms with Crippen LogP contribution in [0.15, 0.2) is 6.20 Å². The van der Waals surface area contributed by atoms with Crippen LogP contribution in [0.3, 0.4) is 0 Å². The van der Waals surface area contributed by atoms with Gasteiger partial charge in [-0.25, -0.2) is 14.6 Å². The van der Waals surface area contributed by atoms with Crippen molar-refractivity contribution >= 4 is 35.0 Å². The number of ether oxygens (including phenoxy) is 1. The van der Waals surface area contributed by atoms with E-state index in [1.165, 1.54) is 6.20 Å². The zero-order valence-electron chi connectivity index (χ0n) is 14.5. The molecule has 0 bridgehead atoms. The number of nitrogens with zero attached hydrogens (tertiary/aromatic N) is 2. The minimum atomic E-state index is -1.13. The number of rotatable bonds is 3. The summed E-state index contributed by atoms with van der Waals surface area (Å²) in [4.78, 5) is 28.9. The number of nitrogens with one attached hydrogen (secondary N) is 1. The molecule has 8 nitrogen and oxygen atoms in total. The van der Waals surface area contributed by atoms with E-state index >= 15 is 0 Å². The molecule has 1 amide bonds. The molecule has 1 aliphatic heterocycles. The lowest BCUT2D eigenvalue weighted by Crippen LogP contribution is -2.44. The number of aromatic carboxylic acids is 1. The number of carbonyl (C=O) groups is 2. The Hall–Kier alpha value is -2.22. The predicted molar refractivity (Wildman–Crippen MR) is 95.1 cm³/mol. The lowest BCUT2D eigenvalue weighted by atomic mass is 10.0. The number of hydrogen-bond acceptors (Lipinski definition) is 6. The van der Waals surface area contributed by atoms with Crippen molar-refractivity contribution < 1.29 is 19.4 Å². The van der Waals surface area contributed by atoms with Gasteiger partial charge in [0.1, 0.15) is 11.2 Å². The highest BCUT2D eigenvalue weighted by atomic mass is 35.5. The molecule has 9 heteroatoms. The van der Waals surface area contributed by atoms with Crippen LogP contribution in [0, 0.1) is 0 Å². The molecule has 138 valence electrons. The van der Waals surface area contributed by atoms with Gasteiger partial charge in [-0.15, -0.1) is 0 Å². The molecule has 2 rings (SSSR count). The van der Waals surface area contributed by atoms with Crippen molar-refractivity contribution in [2.45, 2.75) is 45.3 Å². The number of likely N-dealkylation sites (tertiary alicyclic amines) is 1. The van der Waals surface area contributed by atoms with Crippen LogP contribution in [0.1, 0.15) is 44.0 Å². The van der Waals surface area contributed by atoms with Crippen LogP contribution in [0.2, 0.25) is 5.15 Å². The summed E-state index contributed by atoms with van der Waals surface area (Å²) in [6.07, 6.45) is 2.11. The minimum absolute atomic E-state index is 0.0300. The van der Waals surface area contributed by atoms with Gasteiger partial charge in [-0.2, -0.15) is 0 Å². The van der Waals surface area contributed by atoms with E-state index in [-0.39, 0.29) is 34.2 Å². The van der Waals surface area contributed by atoms with Crippen LogP contribution in [-0.2, 0) is 4.74 Å². The van der Waals surface area contributed by atoms with Gasteiger partial charge < -0.3 is 25.8 Å². The number of anilines is 2. The van der Waals surface area contributed by atoms with E-state index in [0.29, 0.717) is 25.9 Å². The number of hydrogen-bond donors (Lipinski definition) is 3. The topological polar surface area (TPSA) is 118 Å². The van der Waals surface area contributed by atoms with Crippen molar-refractivity contribution in [1.82, 2.24) is 9.88 Å². The highest BCUT2D eigenvalue weighted by Crippen LogP contribution is 2.31. The second-order valence-corrected chi connectivity index (χ2v) is 7.30. The molecule has 1 aromatic rings. The van der Waals surface area contributed by atoms with Crippen molar-refractivity contribution in [3.8, 4) is 0 Å². The van der Waals surface area contributed by atoms with Crippen LogP contribution >= 0.6 is 11.6 Å². The molecule has 0 aliphatic carbocycles. The summed E-state index contributed by atoms with van der Waals surface area (Å²) in [5.74, 6) is -1.13. The van der Waals surface area contributed by atoms with Gasteiger partial charge in [0, 0.05) is 25.3 Å². The van der Waals surface area contributed by atoms with Gasteiger partial charge in [0.25, 0.3) is 0 Å². The monoisotopic (exact) mass is 370 g/mol.